The maximum absolute atomic E-state index is 12.0. The number of rotatable bonds is 8. The maximum atomic E-state index is 12.0. The Bertz CT molecular complexity index is 320. The Morgan fingerprint density at radius 1 is 1.22 bits per heavy atom. The molecule has 0 aromatic carbocycles. The molecule has 0 heterocycles. The molecule has 0 saturated heterocycles. The summed E-state index contributed by atoms with van der Waals surface area (Å²) in [5, 5.41) is 3.34. The minimum absolute atomic E-state index is 0.258. The normalized spacial score (nSPS) is 16.6. The van der Waals surface area contributed by atoms with Gasteiger partial charge >= 0.3 is 0 Å². The summed E-state index contributed by atoms with van der Waals surface area (Å²) in [5.41, 5.74) is 0. The van der Waals surface area contributed by atoms with Crippen molar-refractivity contribution in [1.29, 1.82) is 0 Å². The van der Waals surface area contributed by atoms with E-state index in [1.54, 1.807) is 27.9 Å². The van der Waals surface area contributed by atoms with Crippen molar-refractivity contribution in [1.82, 2.24) is 5.32 Å². The van der Waals surface area contributed by atoms with E-state index in [9.17, 15) is 8.42 Å². The Hall–Kier alpha value is -0.130. The fourth-order valence-corrected chi connectivity index (χ4v) is 2.78. The number of ether oxygens (including phenoxy) is 1. The number of hydrogen-bond donors (Lipinski definition) is 1. The van der Waals surface area contributed by atoms with Crippen LogP contribution in [0.25, 0.3) is 0 Å². The van der Waals surface area contributed by atoms with Gasteiger partial charge in [-0.1, -0.05) is 6.92 Å². The summed E-state index contributed by atoms with van der Waals surface area (Å²) in [6.45, 7) is 10.9. The van der Waals surface area contributed by atoms with Gasteiger partial charge in [-0.15, -0.1) is 0 Å². The fraction of sp³-hybridized carbons (Fsp3) is 1.00. The molecule has 1 N–H and O–H groups in total. The molecular weight excluding hydrogens is 250 g/mol. The molecule has 5 heteroatoms. The lowest BCUT2D eigenvalue weighted by Gasteiger charge is -2.24. The lowest BCUT2D eigenvalue weighted by atomic mass is 10.0. The molecule has 0 aliphatic carbocycles. The van der Waals surface area contributed by atoms with Gasteiger partial charge in [-0.25, -0.2) is 8.42 Å². The van der Waals surface area contributed by atoms with E-state index in [0.717, 1.165) is 6.54 Å². The van der Waals surface area contributed by atoms with E-state index >= 15 is 0 Å². The van der Waals surface area contributed by atoms with Gasteiger partial charge in [0, 0.05) is 19.7 Å². The van der Waals surface area contributed by atoms with Crippen LogP contribution >= 0.6 is 0 Å². The lowest BCUT2D eigenvalue weighted by Crippen LogP contribution is -2.37. The maximum Gasteiger partial charge on any atom is 0.155 e. The predicted molar refractivity (Wildman–Crippen MR) is 76.7 cm³/mol. The quantitative estimate of drug-likeness (QED) is 0.689. The van der Waals surface area contributed by atoms with E-state index in [4.69, 9.17) is 4.74 Å². The molecule has 18 heavy (non-hydrogen) atoms. The largest absolute Gasteiger partial charge is 0.383 e. The van der Waals surface area contributed by atoms with Crippen LogP contribution in [0.4, 0.5) is 0 Å². The number of methoxy groups -OCH3 is 1. The van der Waals surface area contributed by atoms with Crippen LogP contribution in [0.5, 0.6) is 0 Å². The molecule has 2 atom stereocenters. The minimum Gasteiger partial charge on any atom is -0.383 e. The molecular formula is C13H29NO3S. The Morgan fingerprint density at radius 3 is 2.22 bits per heavy atom. The van der Waals surface area contributed by atoms with Gasteiger partial charge in [0.25, 0.3) is 0 Å². The molecule has 110 valence electrons. The van der Waals surface area contributed by atoms with Crippen molar-refractivity contribution in [2.75, 3.05) is 26.0 Å². The molecule has 0 radical (unpaired) electrons. The summed E-state index contributed by atoms with van der Waals surface area (Å²) in [4.78, 5) is 0. The highest BCUT2D eigenvalue weighted by atomic mass is 32.2. The molecule has 0 spiro atoms. The predicted octanol–water partition coefficient (Wildman–Crippen LogP) is 1.85. The zero-order valence-electron chi connectivity index (χ0n) is 12.6. The van der Waals surface area contributed by atoms with Crippen molar-refractivity contribution >= 4 is 9.84 Å². The zero-order chi connectivity index (χ0) is 14.4. The summed E-state index contributed by atoms with van der Waals surface area (Å²) >= 11 is 0. The third kappa shape index (κ3) is 6.16. The average Bonchev–Trinajstić information content (AvgIpc) is 2.24. The van der Waals surface area contributed by atoms with Crippen LogP contribution in [0.2, 0.25) is 0 Å². The van der Waals surface area contributed by atoms with Gasteiger partial charge in [0.1, 0.15) is 0 Å². The summed E-state index contributed by atoms with van der Waals surface area (Å²) in [6.07, 6.45) is 0.695. The van der Waals surface area contributed by atoms with Crippen LogP contribution in [0, 0.1) is 5.92 Å². The van der Waals surface area contributed by atoms with E-state index in [1.807, 2.05) is 0 Å². The van der Waals surface area contributed by atoms with Gasteiger partial charge in [0.15, 0.2) is 9.84 Å². The Morgan fingerprint density at radius 2 is 1.78 bits per heavy atom. The van der Waals surface area contributed by atoms with Crippen molar-refractivity contribution in [3.05, 3.63) is 0 Å². The molecule has 0 aromatic heterocycles. The standard InChI is InChI=1S/C13H29NO3S/c1-11(12(2)14-8-9-17-6)7-10-18(15,16)13(3,4)5/h11-12,14H,7-10H2,1-6H3. The first-order valence-corrected chi connectivity index (χ1v) is 8.21. The molecule has 0 fully saturated rings. The van der Waals surface area contributed by atoms with E-state index in [1.165, 1.54) is 0 Å². The van der Waals surface area contributed by atoms with Crippen LogP contribution in [0.1, 0.15) is 41.0 Å². The molecule has 0 aromatic rings. The van der Waals surface area contributed by atoms with Crippen molar-refractivity contribution in [2.45, 2.75) is 51.8 Å². The van der Waals surface area contributed by atoms with Gasteiger partial charge in [-0.3, -0.25) is 0 Å². The molecule has 0 amide bonds. The van der Waals surface area contributed by atoms with Crippen LogP contribution in [0.3, 0.4) is 0 Å². The lowest BCUT2D eigenvalue weighted by molar-refractivity contribution is 0.192. The Labute approximate surface area is 112 Å². The second-order valence-electron chi connectivity index (χ2n) is 5.93. The summed E-state index contributed by atoms with van der Waals surface area (Å²) < 4.78 is 28.3. The van der Waals surface area contributed by atoms with Crippen molar-refractivity contribution in [3.63, 3.8) is 0 Å². The molecule has 0 bridgehead atoms. The summed E-state index contributed by atoms with van der Waals surface area (Å²) in [6, 6.07) is 0.301. The highest BCUT2D eigenvalue weighted by Gasteiger charge is 2.29. The van der Waals surface area contributed by atoms with Gasteiger partial charge in [-0.2, -0.15) is 0 Å². The van der Waals surface area contributed by atoms with E-state index < -0.39 is 14.6 Å². The third-order valence-corrected chi connectivity index (χ3v) is 6.04. The third-order valence-electron chi connectivity index (χ3n) is 3.40. The zero-order valence-corrected chi connectivity index (χ0v) is 13.4. The smallest absolute Gasteiger partial charge is 0.155 e. The van der Waals surface area contributed by atoms with Crippen LogP contribution in [0.15, 0.2) is 0 Å². The van der Waals surface area contributed by atoms with Crippen LogP contribution in [-0.4, -0.2) is 45.2 Å². The highest BCUT2D eigenvalue weighted by molar-refractivity contribution is 7.92. The second-order valence-corrected chi connectivity index (χ2v) is 8.80. The number of sulfone groups is 1. The second kappa shape index (κ2) is 7.46. The first-order valence-electron chi connectivity index (χ1n) is 6.56. The first kappa shape index (κ1) is 17.9. The minimum atomic E-state index is -3.00. The topological polar surface area (TPSA) is 55.4 Å². The fourth-order valence-electron chi connectivity index (χ4n) is 1.49. The molecule has 0 rings (SSSR count). The molecule has 2 unspecified atom stereocenters. The van der Waals surface area contributed by atoms with Gasteiger partial charge < -0.3 is 10.1 Å². The summed E-state index contributed by atoms with van der Waals surface area (Å²) in [5.74, 6) is 0.590. The monoisotopic (exact) mass is 279 g/mol. The first-order chi connectivity index (χ1) is 8.12. The van der Waals surface area contributed by atoms with Gasteiger partial charge in [-0.05, 0) is 40.0 Å². The highest BCUT2D eigenvalue weighted by Crippen LogP contribution is 2.19. The number of nitrogens with one attached hydrogen (secondary N) is 1. The van der Waals surface area contributed by atoms with Crippen LogP contribution < -0.4 is 5.32 Å². The Kier molecular flexibility index (Phi) is 7.40. The van der Waals surface area contributed by atoms with E-state index in [2.05, 4.69) is 19.2 Å². The molecule has 0 aliphatic heterocycles. The number of hydrogen-bond acceptors (Lipinski definition) is 4. The molecule has 0 aliphatic rings. The summed E-state index contributed by atoms with van der Waals surface area (Å²) in [7, 11) is -1.33. The van der Waals surface area contributed by atoms with Crippen molar-refractivity contribution in [3.8, 4) is 0 Å². The van der Waals surface area contributed by atoms with Gasteiger partial charge in [0.2, 0.25) is 0 Å². The SMILES string of the molecule is COCCNC(C)C(C)CCS(=O)(=O)C(C)(C)C. The molecule has 0 saturated carbocycles. The van der Waals surface area contributed by atoms with Gasteiger partial charge in [0.05, 0.1) is 17.1 Å². The van der Waals surface area contributed by atoms with E-state index in [0.29, 0.717) is 25.0 Å². The van der Waals surface area contributed by atoms with E-state index in [-0.39, 0.29) is 5.75 Å². The molecule has 4 nitrogen and oxygen atoms in total. The van der Waals surface area contributed by atoms with Crippen LogP contribution in [-0.2, 0) is 14.6 Å². The van der Waals surface area contributed by atoms with Crippen molar-refractivity contribution < 1.29 is 13.2 Å². The van der Waals surface area contributed by atoms with Crippen molar-refractivity contribution in [2.24, 2.45) is 5.92 Å². The Balaban J connectivity index is 4.14. The average molecular weight is 279 g/mol.